The number of amides is 2. The molecule has 0 radical (unpaired) electrons. The topological polar surface area (TPSA) is 82.5 Å². The number of rotatable bonds is 9. The van der Waals surface area contributed by atoms with Gasteiger partial charge in [-0.25, -0.2) is 9.48 Å². The Hall–Kier alpha value is -4.43. The molecule has 0 unspecified atom stereocenters. The Labute approximate surface area is 279 Å². The number of aryl methyl sites for hydroxylation is 1. The van der Waals surface area contributed by atoms with E-state index in [-0.39, 0.29) is 17.2 Å². The first kappa shape index (κ1) is 32.5. The van der Waals surface area contributed by atoms with Crippen LogP contribution in [0.25, 0.3) is 5.69 Å². The van der Waals surface area contributed by atoms with Crippen molar-refractivity contribution in [2.24, 2.45) is 5.92 Å². The zero-order chi connectivity index (χ0) is 33.0. The van der Waals surface area contributed by atoms with Crippen molar-refractivity contribution in [1.29, 1.82) is 0 Å². The number of nitrogens with one attached hydrogen (secondary N) is 2. The highest BCUT2D eigenvalue weighted by atomic mass is 16.2. The van der Waals surface area contributed by atoms with Gasteiger partial charge in [-0.1, -0.05) is 56.7 Å². The molecule has 0 spiro atoms. The van der Waals surface area contributed by atoms with E-state index in [1.165, 1.54) is 24.1 Å². The molecule has 0 bridgehead atoms. The number of piperidine rings is 1. The first-order valence-electron chi connectivity index (χ1n) is 17.1. The summed E-state index contributed by atoms with van der Waals surface area (Å²) in [5, 5.41) is 11.0. The molecule has 3 aromatic carbocycles. The van der Waals surface area contributed by atoms with Crippen molar-refractivity contribution in [2.75, 3.05) is 48.3 Å². The van der Waals surface area contributed by atoms with Crippen LogP contribution in [0.4, 0.5) is 22.0 Å². The summed E-state index contributed by atoms with van der Waals surface area (Å²) in [6.07, 6.45) is 5.41. The number of likely N-dealkylation sites (tertiary alicyclic amines) is 1. The number of Topliss-reactive ketones (excluding diaryl/α,β-unsaturated/α-hetero) is 1. The third-order valence-electron chi connectivity index (χ3n) is 9.51. The Morgan fingerprint density at radius 1 is 0.830 bits per heavy atom. The number of hydrogen-bond acceptors (Lipinski definition) is 5. The summed E-state index contributed by atoms with van der Waals surface area (Å²) in [6.45, 7) is 12.9. The Kier molecular flexibility index (Phi) is 9.78. The molecular formula is C39H48N6O2. The van der Waals surface area contributed by atoms with Crippen LogP contribution in [-0.4, -0.2) is 59.2 Å². The lowest BCUT2D eigenvalue weighted by Gasteiger charge is -2.32. The summed E-state index contributed by atoms with van der Waals surface area (Å²) in [5.74, 6) is 1.30. The molecule has 47 heavy (non-hydrogen) atoms. The largest absolute Gasteiger partial charge is 0.372 e. The van der Waals surface area contributed by atoms with Crippen molar-refractivity contribution in [1.82, 2.24) is 14.7 Å². The minimum Gasteiger partial charge on any atom is -0.372 e. The van der Waals surface area contributed by atoms with Gasteiger partial charge in [-0.2, -0.15) is 5.10 Å². The van der Waals surface area contributed by atoms with Crippen molar-refractivity contribution in [3.63, 3.8) is 0 Å². The molecule has 2 saturated heterocycles. The molecule has 246 valence electrons. The predicted molar refractivity (Wildman–Crippen MR) is 191 cm³/mol. The summed E-state index contributed by atoms with van der Waals surface area (Å²) < 4.78 is 1.80. The Bertz CT molecular complexity index is 1670. The molecule has 2 N–H and O–H groups in total. The third kappa shape index (κ3) is 8.11. The van der Waals surface area contributed by atoms with Crippen molar-refractivity contribution >= 4 is 29.0 Å². The van der Waals surface area contributed by atoms with Crippen LogP contribution in [0.3, 0.4) is 0 Å². The summed E-state index contributed by atoms with van der Waals surface area (Å²) in [7, 11) is 0. The molecule has 4 aromatic rings. The molecule has 0 saturated carbocycles. The lowest BCUT2D eigenvalue weighted by Crippen LogP contribution is -2.38. The van der Waals surface area contributed by atoms with Gasteiger partial charge in [-0.05, 0) is 106 Å². The molecule has 8 nitrogen and oxygen atoms in total. The normalized spacial score (nSPS) is 16.0. The van der Waals surface area contributed by atoms with Gasteiger partial charge in [0, 0.05) is 41.5 Å². The number of carbonyl (C=O) groups excluding carboxylic acids is 2. The number of carbonyl (C=O) groups is 2. The number of hydrogen-bond donors (Lipinski definition) is 2. The van der Waals surface area contributed by atoms with E-state index in [1.54, 1.807) is 4.68 Å². The van der Waals surface area contributed by atoms with Crippen molar-refractivity contribution in [3.05, 3.63) is 101 Å². The molecule has 6 rings (SSSR count). The molecular weight excluding hydrogens is 584 g/mol. The maximum absolute atomic E-state index is 13.4. The van der Waals surface area contributed by atoms with E-state index >= 15 is 0 Å². The molecule has 0 aliphatic carbocycles. The van der Waals surface area contributed by atoms with Crippen LogP contribution in [0.2, 0.25) is 0 Å². The monoisotopic (exact) mass is 632 g/mol. The van der Waals surface area contributed by atoms with Gasteiger partial charge in [0.05, 0.1) is 17.9 Å². The van der Waals surface area contributed by atoms with Gasteiger partial charge in [0.15, 0.2) is 5.78 Å². The summed E-state index contributed by atoms with van der Waals surface area (Å²) >= 11 is 0. The molecule has 0 atom stereocenters. The lowest BCUT2D eigenvalue weighted by molar-refractivity contribution is 0.0895. The number of para-hydroxylation sites is 1. The molecule has 1 aromatic heterocycles. The standard InChI is InChI=1S/C39H48N6O2/c1-28-11-15-33(16-12-28)45-37(26-36(42-45)39(2,3)4)41-38(47)40-34-10-6-5-9-31(34)25-29-19-23-43(24-20-29)27-35(46)30-13-17-32(18-14-30)44-21-7-8-22-44/h5-6,9-18,26,29H,7-8,19-25,27H2,1-4H3,(H2,40,41,47). The molecule has 2 amide bonds. The second-order valence-corrected chi connectivity index (χ2v) is 14.2. The van der Waals surface area contributed by atoms with Crippen molar-refractivity contribution in [2.45, 2.75) is 65.2 Å². The maximum Gasteiger partial charge on any atom is 0.324 e. The first-order chi connectivity index (χ1) is 22.6. The Balaban J connectivity index is 1.04. The number of aromatic nitrogens is 2. The van der Waals surface area contributed by atoms with Crippen molar-refractivity contribution < 1.29 is 9.59 Å². The Morgan fingerprint density at radius 2 is 1.49 bits per heavy atom. The van der Waals surface area contributed by atoms with Crippen LogP contribution in [0, 0.1) is 12.8 Å². The molecule has 3 heterocycles. The van der Waals surface area contributed by atoms with E-state index in [9.17, 15) is 9.59 Å². The zero-order valence-corrected chi connectivity index (χ0v) is 28.3. The summed E-state index contributed by atoms with van der Waals surface area (Å²) in [6, 6.07) is 26.0. The third-order valence-corrected chi connectivity index (χ3v) is 9.51. The second-order valence-electron chi connectivity index (χ2n) is 14.2. The zero-order valence-electron chi connectivity index (χ0n) is 28.3. The van der Waals surface area contributed by atoms with Crippen LogP contribution in [0.5, 0.6) is 0 Å². The van der Waals surface area contributed by atoms with E-state index < -0.39 is 0 Å². The Morgan fingerprint density at radius 3 is 2.17 bits per heavy atom. The molecule has 8 heteroatoms. The van der Waals surface area contributed by atoms with Crippen LogP contribution >= 0.6 is 0 Å². The minimum atomic E-state index is -0.298. The fourth-order valence-corrected chi connectivity index (χ4v) is 6.60. The smallest absolute Gasteiger partial charge is 0.324 e. The summed E-state index contributed by atoms with van der Waals surface area (Å²) in [5.41, 5.74) is 6.74. The number of urea groups is 1. The maximum atomic E-state index is 13.4. The summed E-state index contributed by atoms with van der Waals surface area (Å²) in [4.78, 5) is 31.1. The van der Waals surface area contributed by atoms with Crippen LogP contribution in [-0.2, 0) is 11.8 Å². The van der Waals surface area contributed by atoms with Crippen LogP contribution in [0.1, 0.15) is 73.6 Å². The average Bonchev–Trinajstić information content (AvgIpc) is 3.75. The number of nitrogens with zero attached hydrogens (tertiary/aromatic N) is 4. The van der Waals surface area contributed by atoms with E-state index in [0.29, 0.717) is 18.3 Å². The van der Waals surface area contributed by atoms with Crippen molar-refractivity contribution in [3.8, 4) is 5.69 Å². The van der Waals surface area contributed by atoms with Crippen LogP contribution in [0.15, 0.2) is 78.9 Å². The van der Waals surface area contributed by atoms with Gasteiger partial charge in [0.25, 0.3) is 0 Å². The second kappa shape index (κ2) is 14.1. The fourth-order valence-electron chi connectivity index (χ4n) is 6.60. The fraction of sp³-hybridized carbons (Fsp3) is 0.410. The van der Waals surface area contributed by atoms with Gasteiger partial charge in [0.1, 0.15) is 5.82 Å². The lowest BCUT2D eigenvalue weighted by atomic mass is 9.89. The van der Waals surface area contributed by atoms with E-state index in [0.717, 1.165) is 73.6 Å². The highest BCUT2D eigenvalue weighted by Crippen LogP contribution is 2.29. The SMILES string of the molecule is Cc1ccc(-n2nc(C(C)(C)C)cc2NC(=O)Nc2ccccc2CC2CCN(CC(=O)c3ccc(N4CCCC4)cc3)CC2)cc1. The van der Waals surface area contributed by atoms with Gasteiger partial charge in [-0.15, -0.1) is 0 Å². The molecule has 2 aliphatic heterocycles. The highest BCUT2D eigenvalue weighted by Gasteiger charge is 2.24. The van der Waals surface area contributed by atoms with E-state index in [2.05, 4.69) is 66.3 Å². The first-order valence-corrected chi connectivity index (χ1v) is 17.1. The van der Waals surface area contributed by atoms with Gasteiger partial charge in [0.2, 0.25) is 0 Å². The van der Waals surface area contributed by atoms with Gasteiger partial charge >= 0.3 is 6.03 Å². The highest BCUT2D eigenvalue weighted by molar-refractivity contribution is 6.00. The predicted octanol–water partition coefficient (Wildman–Crippen LogP) is 7.86. The van der Waals surface area contributed by atoms with Gasteiger partial charge < -0.3 is 10.2 Å². The number of benzene rings is 3. The van der Waals surface area contributed by atoms with Crippen LogP contribution < -0.4 is 15.5 Å². The molecule has 2 fully saturated rings. The number of ketones is 1. The quantitative estimate of drug-likeness (QED) is 0.184. The average molecular weight is 633 g/mol. The molecule has 2 aliphatic rings. The number of anilines is 3. The van der Waals surface area contributed by atoms with Gasteiger partial charge in [-0.3, -0.25) is 15.0 Å². The minimum absolute atomic E-state index is 0.170. The van der Waals surface area contributed by atoms with E-state index in [1.807, 2.05) is 60.7 Å². The van der Waals surface area contributed by atoms with E-state index in [4.69, 9.17) is 5.10 Å².